The van der Waals surface area contributed by atoms with Gasteiger partial charge in [-0.2, -0.15) is 0 Å². The molecule has 0 spiro atoms. The Morgan fingerprint density at radius 2 is 2.00 bits per heavy atom. The van der Waals surface area contributed by atoms with E-state index in [1.807, 2.05) is 13.8 Å². The quantitative estimate of drug-likeness (QED) is 0.637. The summed E-state index contributed by atoms with van der Waals surface area (Å²) in [6.45, 7) is 11.0. The van der Waals surface area contributed by atoms with Gasteiger partial charge in [0.05, 0.1) is 18.1 Å². The number of esters is 1. The molecule has 0 bridgehead atoms. The van der Waals surface area contributed by atoms with Crippen LogP contribution in [0, 0.1) is 11.8 Å². The lowest BCUT2D eigenvalue weighted by Gasteiger charge is -2.26. The minimum absolute atomic E-state index is 0.176. The molecule has 0 aromatic heterocycles. The number of hydrogen-bond acceptors (Lipinski definition) is 4. The molecule has 2 unspecified atom stereocenters. The van der Waals surface area contributed by atoms with Crippen molar-refractivity contribution in [3.05, 3.63) is 0 Å². The fourth-order valence-corrected chi connectivity index (χ4v) is 1.88. The predicted molar refractivity (Wildman–Crippen MR) is 68.7 cm³/mol. The molecule has 0 radical (unpaired) electrons. The molecule has 102 valence electrons. The lowest BCUT2D eigenvalue weighted by molar-refractivity contribution is -0.147. The molecule has 0 aromatic rings. The molecule has 2 atom stereocenters. The molecule has 0 aliphatic heterocycles. The van der Waals surface area contributed by atoms with Crippen molar-refractivity contribution in [3.8, 4) is 0 Å². The Kier molecular flexibility index (Phi) is 7.39. The number of ether oxygens (including phenoxy) is 1. The maximum Gasteiger partial charge on any atom is 0.309 e. The minimum Gasteiger partial charge on any atom is -0.466 e. The van der Waals surface area contributed by atoms with Gasteiger partial charge in [0.25, 0.3) is 0 Å². The van der Waals surface area contributed by atoms with Crippen molar-refractivity contribution in [2.24, 2.45) is 11.8 Å². The number of carbonyl (C=O) groups excluding carboxylic acids is 1. The number of hydrogen-bond donors (Lipinski definition) is 2. The van der Waals surface area contributed by atoms with E-state index in [-0.39, 0.29) is 11.9 Å². The maximum atomic E-state index is 11.4. The van der Waals surface area contributed by atoms with Crippen LogP contribution in [0.3, 0.4) is 0 Å². The Morgan fingerprint density at radius 3 is 2.47 bits per heavy atom. The average Bonchev–Trinajstić information content (AvgIpc) is 2.15. The molecular formula is C13H27NO3. The van der Waals surface area contributed by atoms with E-state index in [0.29, 0.717) is 25.6 Å². The first-order chi connectivity index (χ1) is 7.78. The molecule has 0 heterocycles. The van der Waals surface area contributed by atoms with Gasteiger partial charge in [-0.1, -0.05) is 20.8 Å². The van der Waals surface area contributed by atoms with Crippen LogP contribution >= 0.6 is 0 Å². The van der Waals surface area contributed by atoms with Gasteiger partial charge in [0.1, 0.15) is 0 Å². The third-order valence-electron chi connectivity index (χ3n) is 2.49. The first-order valence-corrected chi connectivity index (χ1v) is 6.38. The van der Waals surface area contributed by atoms with E-state index in [1.165, 1.54) is 0 Å². The van der Waals surface area contributed by atoms with Gasteiger partial charge in [-0.05, 0) is 26.2 Å². The molecule has 4 nitrogen and oxygen atoms in total. The standard InChI is InChI=1S/C13H27NO3/c1-6-17-12(15)11(4)8-14-9-13(5,16)7-10(2)3/h10-11,14,16H,6-9H2,1-5H3. The SMILES string of the molecule is CCOC(=O)C(C)CNCC(C)(O)CC(C)C. The van der Waals surface area contributed by atoms with Crippen LogP contribution in [0.4, 0.5) is 0 Å². The third-order valence-corrected chi connectivity index (χ3v) is 2.49. The summed E-state index contributed by atoms with van der Waals surface area (Å²) in [6, 6.07) is 0. The fourth-order valence-electron chi connectivity index (χ4n) is 1.88. The summed E-state index contributed by atoms with van der Waals surface area (Å²) >= 11 is 0. The highest BCUT2D eigenvalue weighted by atomic mass is 16.5. The van der Waals surface area contributed by atoms with E-state index < -0.39 is 5.60 Å². The largest absolute Gasteiger partial charge is 0.466 e. The Balaban J connectivity index is 3.86. The summed E-state index contributed by atoms with van der Waals surface area (Å²) in [6.07, 6.45) is 0.744. The zero-order valence-corrected chi connectivity index (χ0v) is 11.7. The highest BCUT2D eigenvalue weighted by molar-refractivity contribution is 5.72. The Bertz CT molecular complexity index is 227. The number of aliphatic hydroxyl groups is 1. The van der Waals surface area contributed by atoms with Gasteiger partial charge >= 0.3 is 5.97 Å². The van der Waals surface area contributed by atoms with E-state index >= 15 is 0 Å². The average molecular weight is 245 g/mol. The zero-order valence-electron chi connectivity index (χ0n) is 11.7. The lowest BCUT2D eigenvalue weighted by Crippen LogP contribution is -2.41. The Labute approximate surface area is 105 Å². The molecule has 0 fully saturated rings. The zero-order chi connectivity index (χ0) is 13.5. The summed E-state index contributed by atoms with van der Waals surface area (Å²) in [4.78, 5) is 11.4. The first-order valence-electron chi connectivity index (χ1n) is 6.38. The molecule has 0 saturated carbocycles. The third kappa shape index (κ3) is 8.16. The number of carbonyl (C=O) groups is 1. The first kappa shape index (κ1) is 16.4. The van der Waals surface area contributed by atoms with Gasteiger partial charge in [-0.3, -0.25) is 4.79 Å². The van der Waals surface area contributed by atoms with Crippen LogP contribution in [0.15, 0.2) is 0 Å². The second-order valence-electron chi connectivity index (χ2n) is 5.38. The Morgan fingerprint density at radius 1 is 1.41 bits per heavy atom. The van der Waals surface area contributed by atoms with Crippen molar-refractivity contribution in [2.45, 2.75) is 46.6 Å². The van der Waals surface area contributed by atoms with Crippen molar-refractivity contribution < 1.29 is 14.6 Å². The van der Waals surface area contributed by atoms with Crippen LogP contribution in [-0.4, -0.2) is 36.4 Å². The molecule has 0 rings (SSSR count). The topological polar surface area (TPSA) is 58.6 Å². The van der Waals surface area contributed by atoms with Crippen LogP contribution in [0.25, 0.3) is 0 Å². The van der Waals surface area contributed by atoms with Crippen molar-refractivity contribution in [1.29, 1.82) is 0 Å². The van der Waals surface area contributed by atoms with E-state index in [2.05, 4.69) is 19.2 Å². The van der Waals surface area contributed by atoms with Crippen molar-refractivity contribution in [3.63, 3.8) is 0 Å². The predicted octanol–water partition coefficient (Wildman–Crippen LogP) is 1.57. The summed E-state index contributed by atoms with van der Waals surface area (Å²) in [5.41, 5.74) is -0.720. The van der Waals surface area contributed by atoms with Crippen LogP contribution in [0.5, 0.6) is 0 Å². The maximum absolute atomic E-state index is 11.4. The van der Waals surface area contributed by atoms with Crippen molar-refractivity contribution >= 4 is 5.97 Å². The number of nitrogens with one attached hydrogen (secondary N) is 1. The molecule has 0 saturated heterocycles. The normalized spacial score (nSPS) is 16.6. The van der Waals surface area contributed by atoms with Gasteiger partial charge in [0.15, 0.2) is 0 Å². The molecule has 0 aliphatic carbocycles. The van der Waals surface area contributed by atoms with E-state index in [1.54, 1.807) is 6.92 Å². The van der Waals surface area contributed by atoms with Crippen LogP contribution < -0.4 is 5.32 Å². The molecule has 2 N–H and O–H groups in total. The second-order valence-corrected chi connectivity index (χ2v) is 5.38. The van der Waals surface area contributed by atoms with Gasteiger partial charge in [0, 0.05) is 13.1 Å². The van der Waals surface area contributed by atoms with E-state index in [0.717, 1.165) is 6.42 Å². The van der Waals surface area contributed by atoms with Crippen molar-refractivity contribution in [2.75, 3.05) is 19.7 Å². The highest BCUT2D eigenvalue weighted by Crippen LogP contribution is 2.15. The summed E-state index contributed by atoms with van der Waals surface area (Å²) in [7, 11) is 0. The van der Waals surface area contributed by atoms with Gasteiger partial charge in [-0.15, -0.1) is 0 Å². The summed E-state index contributed by atoms with van der Waals surface area (Å²) < 4.78 is 4.91. The Hall–Kier alpha value is -0.610. The molecule has 4 heteroatoms. The molecule has 0 aliphatic rings. The molecule has 0 aromatic carbocycles. The van der Waals surface area contributed by atoms with Crippen LogP contribution in [0.1, 0.15) is 41.0 Å². The van der Waals surface area contributed by atoms with Gasteiger partial charge in [-0.25, -0.2) is 0 Å². The van der Waals surface area contributed by atoms with Gasteiger partial charge in [0.2, 0.25) is 0 Å². The van der Waals surface area contributed by atoms with E-state index in [9.17, 15) is 9.90 Å². The van der Waals surface area contributed by atoms with Crippen LogP contribution in [0.2, 0.25) is 0 Å². The summed E-state index contributed by atoms with van der Waals surface area (Å²) in [5.74, 6) is 0.0857. The fraction of sp³-hybridized carbons (Fsp3) is 0.923. The van der Waals surface area contributed by atoms with E-state index in [4.69, 9.17) is 4.74 Å². The van der Waals surface area contributed by atoms with Crippen molar-refractivity contribution in [1.82, 2.24) is 5.32 Å². The smallest absolute Gasteiger partial charge is 0.309 e. The van der Waals surface area contributed by atoms with Crippen LogP contribution in [-0.2, 0) is 9.53 Å². The molecule has 17 heavy (non-hydrogen) atoms. The highest BCUT2D eigenvalue weighted by Gasteiger charge is 2.22. The van der Waals surface area contributed by atoms with Gasteiger partial charge < -0.3 is 15.2 Å². The molecular weight excluding hydrogens is 218 g/mol. The molecule has 0 amide bonds. The summed E-state index contributed by atoms with van der Waals surface area (Å²) in [5, 5.41) is 13.2. The lowest BCUT2D eigenvalue weighted by atomic mass is 9.94. The minimum atomic E-state index is -0.720. The second kappa shape index (κ2) is 7.67. The monoisotopic (exact) mass is 245 g/mol. The number of rotatable bonds is 8.